The zero-order chi connectivity index (χ0) is 19.6. The number of rotatable bonds is 2. The molecule has 0 spiro atoms. The SMILES string of the molecule is CC(C)(C)OC(=O)NCC#Cc1cccc(B2OC(C)(C)C(C)(C)O2)c1. The second-order valence-corrected chi connectivity index (χ2v) is 8.37. The van der Waals surface area contributed by atoms with E-state index in [0.29, 0.717) is 0 Å². The lowest BCUT2D eigenvalue weighted by Crippen LogP contribution is -2.41. The molecular formula is C20H28BNO4. The maximum atomic E-state index is 11.6. The number of hydrogen-bond donors (Lipinski definition) is 1. The van der Waals surface area contributed by atoms with Gasteiger partial charge in [-0.3, -0.25) is 0 Å². The summed E-state index contributed by atoms with van der Waals surface area (Å²) >= 11 is 0. The van der Waals surface area contributed by atoms with Crippen LogP contribution in [-0.4, -0.2) is 36.6 Å². The highest BCUT2D eigenvalue weighted by Gasteiger charge is 2.51. The van der Waals surface area contributed by atoms with E-state index in [1.54, 1.807) is 0 Å². The third-order valence-electron chi connectivity index (χ3n) is 4.36. The van der Waals surface area contributed by atoms with Crippen LogP contribution in [0.25, 0.3) is 0 Å². The number of carbonyl (C=O) groups is 1. The summed E-state index contributed by atoms with van der Waals surface area (Å²) in [5.41, 5.74) is 0.487. The van der Waals surface area contributed by atoms with E-state index in [0.717, 1.165) is 11.0 Å². The van der Waals surface area contributed by atoms with Gasteiger partial charge >= 0.3 is 13.2 Å². The molecule has 0 atom stereocenters. The summed E-state index contributed by atoms with van der Waals surface area (Å²) in [6.45, 7) is 13.8. The minimum Gasteiger partial charge on any atom is -0.444 e. The fourth-order valence-corrected chi connectivity index (χ4v) is 2.32. The van der Waals surface area contributed by atoms with E-state index >= 15 is 0 Å². The Kier molecular flexibility index (Phi) is 5.74. The van der Waals surface area contributed by atoms with Crippen molar-refractivity contribution >= 4 is 18.7 Å². The van der Waals surface area contributed by atoms with Crippen molar-refractivity contribution in [3.05, 3.63) is 29.8 Å². The van der Waals surface area contributed by atoms with Crippen LogP contribution < -0.4 is 10.8 Å². The summed E-state index contributed by atoms with van der Waals surface area (Å²) in [5.74, 6) is 5.96. The van der Waals surface area contributed by atoms with Crippen LogP contribution in [0.1, 0.15) is 54.0 Å². The molecule has 1 amide bonds. The standard InChI is InChI=1S/C20H28BNO4/c1-18(2,3)24-17(23)22-13-9-11-15-10-8-12-16(14-15)21-25-19(4,5)20(6,7)26-21/h8,10,12,14H,13H2,1-7H3,(H,22,23). The van der Waals surface area contributed by atoms with Gasteiger partial charge in [0.15, 0.2) is 0 Å². The van der Waals surface area contributed by atoms with Gasteiger partial charge in [-0.1, -0.05) is 24.0 Å². The van der Waals surface area contributed by atoms with Crippen molar-refractivity contribution in [2.45, 2.75) is 65.3 Å². The largest absolute Gasteiger partial charge is 0.494 e. The molecule has 0 saturated carbocycles. The highest BCUT2D eigenvalue weighted by Crippen LogP contribution is 2.36. The van der Waals surface area contributed by atoms with Crippen LogP contribution in [-0.2, 0) is 14.0 Å². The smallest absolute Gasteiger partial charge is 0.444 e. The normalized spacial score (nSPS) is 18.0. The molecule has 26 heavy (non-hydrogen) atoms. The van der Waals surface area contributed by atoms with Crippen molar-refractivity contribution in [2.24, 2.45) is 0 Å². The Morgan fingerprint density at radius 1 is 1.19 bits per heavy atom. The van der Waals surface area contributed by atoms with Gasteiger partial charge in [0.1, 0.15) is 5.60 Å². The number of nitrogens with one attached hydrogen (secondary N) is 1. The molecule has 1 saturated heterocycles. The fraction of sp³-hybridized carbons (Fsp3) is 0.550. The second kappa shape index (κ2) is 7.34. The summed E-state index contributed by atoms with van der Waals surface area (Å²) in [5, 5.41) is 2.62. The van der Waals surface area contributed by atoms with E-state index in [1.165, 1.54) is 0 Å². The van der Waals surface area contributed by atoms with Gasteiger partial charge in [-0.25, -0.2) is 4.79 Å². The zero-order valence-corrected chi connectivity index (χ0v) is 16.7. The molecule has 1 heterocycles. The Morgan fingerprint density at radius 2 is 1.81 bits per heavy atom. The van der Waals surface area contributed by atoms with E-state index in [2.05, 4.69) is 17.2 Å². The molecule has 1 aliphatic heterocycles. The molecule has 1 fully saturated rings. The van der Waals surface area contributed by atoms with E-state index in [1.807, 2.05) is 72.7 Å². The molecule has 0 aliphatic carbocycles. The van der Waals surface area contributed by atoms with Crippen LogP contribution in [0.3, 0.4) is 0 Å². The molecule has 1 aromatic rings. The van der Waals surface area contributed by atoms with Gasteiger partial charge in [0.25, 0.3) is 0 Å². The van der Waals surface area contributed by atoms with E-state index in [4.69, 9.17) is 14.0 Å². The predicted molar refractivity (Wildman–Crippen MR) is 103 cm³/mol. The third kappa shape index (κ3) is 5.26. The van der Waals surface area contributed by atoms with Gasteiger partial charge in [-0.05, 0) is 66.1 Å². The van der Waals surface area contributed by atoms with Crippen molar-refractivity contribution in [1.29, 1.82) is 0 Å². The lowest BCUT2D eigenvalue weighted by Gasteiger charge is -2.32. The summed E-state index contributed by atoms with van der Waals surface area (Å²) in [4.78, 5) is 11.6. The number of ether oxygens (including phenoxy) is 1. The first-order valence-electron chi connectivity index (χ1n) is 8.81. The molecule has 140 valence electrons. The molecule has 0 unspecified atom stereocenters. The average Bonchev–Trinajstić information content (AvgIpc) is 2.71. The number of benzene rings is 1. The third-order valence-corrected chi connectivity index (χ3v) is 4.36. The molecule has 1 aromatic carbocycles. The van der Waals surface area contributed by atoms with Crippen molar-refractivity contribution in [1.82, 2.24) is 5.32 Å². The van der Waals surface area contributed by atoms with Crippen molar-refractivity contribution in [3.8, 4) is 11.8 Å². The van der Waals surface area contributed by atoms with Crippen LogP contribution in [0.5, 0.6) is 0 Å². The summed E-state index contributed by atoms with van der Waals surface area (Å²) in [6, 6.07) is 7.75. The first kappa shape index (κ1) is 20.3. The van der Waals surface area contributed by atoms with Gasteiger partial charge in [0.05, 0.1) is 17.7 Å². The van der Waals surface area contributed by atoms with Crippen LogP contribution in [0.2, 0.25) is 0 Å². The average molecular weight is 357 g/mol. The van der Waals surface area contributed by atoms with Gasteiger partial charge in [0, 0.05) is 5.56 Å². The Morgan fingerprint density at radius 3 is 2.38 bits per heavy atom. The Hall–Kier alpha value is -1.97. The lowest BCUT2D eigenvalue weighted by molar-refractivity contribution is 0.00578. The highest BCUT2D eigenvalue weighted by atomic mass is 16.7. The van der Waals surface area contributed by atoms with Gasteiger partial charge in [-0.15, -0.1) is 0 Å². The fourth-order valence-electron chi connectivity index (χ4n) is 2.32. The van der Waals surface area contributed by atoms with Crippen LogP contribution in [0.15, 0.2) is 24.3 Å². The van der Waals surface area contributed by atoms with Crippen molar-refractivity contribution in [2.75, 3.05) is 6.54 Å². The molecule has 0 bridgehead atoms. The molecule has 1 aliphatic rings. The Labute approximate surface area is 156 Å². The highest BCUT2D eigenvalue weighted by molar-refractivity contribution is 6.62. The minimum atomic E-state index is -0.519. The van der Waals surface area contributed by atoms with E-state index in [-0.39, 0.29) is 17.7 Å². The summed E-state index contributed by atoms with van der Waals surface area (Å²) < 4.78 is 17.3. The number of hydrogen-bond acceptors (Lipinski definition) is 4. The Balaban J connectivity index is 1.98. The summed E-state index contributed by atoms with van der Waals surface area (Å²) in [7, 11) is -0.415. The first-order chi connectivity index (χ1) is 11.9. The van der Waals surface area contributed by atoms with Crippen LogP contribution in [0.4, 0.5) is 4.79 Å². The van der Waals surface area contributed by atoms with Gasteiger partial charge < -0.3 is 19.4 Å². The second-order valence-electron chi connectivity index (χ2n) is 8.37. The summed E-state index contributed by atoms with van der Waals surface area (Å²) in [6.07, 6.45) is -0.474. The Bertz CT molecular complexity index is 709. The minimum absolute atomic E-state index is 0.218. The topological polar surface area (TPSA) is 56.8 Å². The molecule has 6 heteroatoms. The predicted octanol–water partition coefficient (Wildman–Crippen LogP) is 2.86. The van der Waals surface area contributed by atoms with E-state index < -0.39 is 18.8 Å². The quantitative estimate of drug-likeness (QED) is 0.653. The zero-order valence-electron chi connectivity index (χ0n) is 16.7. The van der Waals surface area contributed by atoms with Crippen molar-refractivity contribution in [3.63, 3.8) is 0 Å². The number of carbonyl (C=O) groups excluding carboxylic acids is 1. The molecule has 2 rings (SSSR count). The van der Waals surface area contributed by atoms with Crippen molar-refractivity contribution < 1.29 is 18.8 Å². The molecule has 0 aromatic heterocycles. The molecule has 1 N–H and O–H groups in total. The van der Waals surface area contributed by atoms with E-state index in [9.17, 15) is 4.79 Å². The number of alkyl carbamates (subject to hydrolysis) is 1. The maximum Gasteiger partial charge on any atom is 0.494 e. The first-order valence-corrected chi connectivity index (χ1v) is 8.81. The van der Waals surface area contributed by atoms with Crippen LogP contribution in [0, 0.1) is 11.8 Å². The molecule has 0 radical (unpaired) electrons. The maximum absolute atomic E-state index is 11.6. The molecule has 5 nitrogen and oxygen atoms in total. The van der Waals surface area contributed by atoms with Gasteiger partial charge in [-0.2, -0.15) is 0 Å². The van der Waals surface area contributed by atoms with Gasteiger partial charge in [0.2, 0.25) is 0 Å². The molecular weight excluding hydrogens is 329 g/mol. The monoisotopic (exact) mass is 357 g/mol. The number of amides is 1. The lowest BCUT2D eigenvalue weighted by atomic mass is 9.78. The van der Waals surface area contributed by atoms with Crippen LogP contribution >= 0.6 is 0 Å².